The third-order valence-corrected chi connectivity index (χ3v) is 5.41. The van der Waals surface area contributed by atoms with Gasteiger partial charge in [-0.15, -0.1) is 0 Å². The highest BCUT2D eigenvalue weighted by molar-refractivity contribution is 6.27. The largest absolute Gasteiger partial charge is 0.473 e. The molecule has 0 unspecified atom stereocenters. The number of likely N-dealkylation sites (tertiary alicyclic amines) is 2. The maximum atomic E-state index is 12.6. The Morgan fingerprint density at radius 2 is 1.32 bits per heavy atom. The molecule has 2 fully saturated rings. The first-order valence-electron chi connectivity index (χ1n) is 10.4. The molecule has 8 heteroatoms. The van der Waals surface area contributed by atoms with Gasteiger partial charge in [0, 0.05) is 31.2 Å². The average Bonchev–Trinajstić information content (AvgIpc) is 2.63. The Labute approximate surface area is 168 Å². The van der Waals surface area contributed by atoms with Gasteiger partial charge in [-0.05, 0) is 66.5 Å². The van der Waals surface area contributed by atoms with Crippen molar-refractivity contribution in [3.8, 4) is 0 Å². The van der Waals surface area contributed by atoms with Gasteiger partial charge in [0.05, 0.1) is 6.54 Å². The first-order valence-corrected chi connectivity index (χ1v) is 10.4. The number of carbonyl (C=O) groups is 3. The molecular formula is C20H37N3O5. The molecule has 2 aliphatic rings. The van der Waals surface area contributed by atoms with E-state index < -0.39 is 11.9 Å². The number of hydrogen-bond acceptors (Lipinski definition) is 5. The highest BCUT2D eigenvalue weighted by Crippen LogP contribution is 2.21. The van der Waals surface area contributed by atoms with Crippen LogP contribution >= 0.6 is 0 Å². The molecule has 0 aromatic carbocycles. The Morgan fingerprint density at radius 3 is 1.71 bits per heavy atom. The Kier molecular flexibility index (Phi) is 10.5. The van der Waals surface area contributed by atoms with Crippen LogP contribution in [-0.2, 0) is 14.4 Å². The number of amides is 1. The second kappa shape index (κ2) is 12.0. The van der Waals surface area contributed by atoms with E-state index in [4.69, 9.17) is 19.8 Å². The predicted molar refractivity (Wildman–Crippen MR) is 107 cm³/mol. The van der Waals surface area contributed by atoms with E-state index in [2.05, 4.69) is 37.5 Å². The summed E-state index contributed by atoms with van der Waals surface area (Å²) in [4.78, 5) is 37.8. The van der Waals surface area contributed by atoms with E-state index in [1.807, 2.05) is 4.90 Å². The third kappa shape index (κ3) is 8.14. The summed E-state index contributed by atoms with van der Waals surface area (Å²) in [6, 6.07) is 1.34. The fourth-order valence-electron chi connectivity index (χ4n) is 4.17. The third-order valence-electron chi connectivity index (χ3n) is 5.41. The minimum Gasteiger partial charge on any atom is -0.473 e. The van der Waals surface area contributed by atoms with Crippen molar-refractivity contribution >= 4 is 17.8 Å². The van der Waals surface area contributed by atoms with Crippen LogP contribution in [0.2, 0.25) is 0 Å². The lowest BCUT2D eigenvalue weighted by molar-refractivity contribution is -0.159. The van der Waals surface area contributed by atoms with Gasteiger partial charge in [-0.3, -0.25) is 9.69 Å². The fraction of sp³-hybridized carbons (Fsp3) is 0.850. The summed E-state index contributed by atoms with van der Waals surface area (Å²) in [6.45, 7) is 13.8. The van der Waals surface area contributed by atoms with Crippen LogP contribution in [-0.4, -0.2) is 93.6 Å². The predicted octanol–water partition coefficient (Wildman–Crippen LogP) is 1.74. The molecule has 0 aliphatic carbocycles. The van der Waals surface area contributed by atoms with Gasteiger partial charge in [0.25, 0.3) is 0 Å². The molecule has 0 spiro atoms. The first-order chi connectivity index (χ1) is 13.1. The van der Waals surface area contributed by atoms with Crippen LogP contribution < -0.4 is 0 Å². The van der Waals surface area contributed by atoms with Crippen LogP contribution in [0.4, 0.5) is 0 Å². The second-order valence-corrected chi connectivity index (χ2v) is 8.20. The van der Waals surface area contributed by atoms with E-state index in [-0.39, 0.29) is 0 Å². The van der Waals surface area contributed by atoms with Crippen molar-refractivity contribution in [2.45, 2.75) is 77.9 Å². The van der Waals surface area contributed by atoms with E-state index in [0.717, 1.165) is 19.1 Å². The molecule has 0 bridgehead atoms. The summed E-state index contributed by atoms with van der Waals surface area (Å²) < 4.78 is 0. The summed E-state index contributed by atoms with van der Waals surface area (Å²) in [7, 11) is 0. The van der Waals surface area contributed by atoms with Crippen LogP contribution in [0.25, 0.3) is 0 Å². The van der Waals surface area contributed by atoms with Crippen LogP contribution in [0.1, 0.15) is 59.8 Å². The van der Waals surface area contributed by atoms with Gasteiger partial charge >= 0.3 is 11.9 Å². The number of aliphatic carboxylic acids is 2. The van der Waals surface area contributed by atoms with Gasteiger partial charge in [0.2, 0.25) is 5.91 Å². The number of piperidine rings is 2. The van der Waals surface area contributed by atoms with E-state index in [0.29, 0.717) is 24.5 Å². The van der Waals surface area contributed by atoms with Crippen molar-refractivity contribution in [2.75, 3.05) is 32.7 Å². The van der Waals surface area contributed by atoms with Crippen molar-refractivity contribution in [3.05, 3.63) is 0 Å². The van der Waals surface area contributed by atoms with Crippen molar-refractivity contribution in [1.29, 1.82) is 0 Å². The topological polar surface area (TPSA) is 101 Å². The molecule has 2 rings (SSSR count). The fourth-order valence-corrected chi connectivity index (χ4v) is 4.17. The molecule has 2 heterocycles. The van der Waals surface area contributed by atoms with Crippen LogP contribution in [0.3, 0.4) is 0 Å². The molecule has 0 aromatic rings. The molecule has 0 saturated carbocycles. The van der Waals surface area contributed by atoms with Crippen molar-refractivity contribution in [2.24, 2.45) is 0 Å². The molecule has 0 atom stereocenters. The Bertz CT molecular complexity index is 490. The molecule has 2 aliphatic heterocycles. The maximum absolute atomic E-state index is 12.6. The highest BCUT2D eigenvalue weighted by atomic mass is 16.4. The minimum atomic E-state index is -1.82. The summed E-state index contributed by atoms with van der Waals surface area (Å²) >= 11 is 0. The smallest absolute Gasteiger partial charge is 0.414 e. The van der Waals surface area contributed by atoms with E-state index in [1.165, 1.54) is 45.2 Å². The van der Waals surface area contributed by atoms with Gasteiger partial charge in [-0.25, -0.2) is 9.59 Å². The summed E-state index contributed by atoms with van der Waals surface area (Å²) in [6.07, 6.45) is 6.62. The van der Waals surface area contributed by atoms with Crippen molar-refractivity contribution < 1.29 is 24.6 Å². The lowest BCUT2D eigenvalue weighted by Gasteiger charge is -2.41. The van der Waals surface area contributed by atoms with Crippen LogP contribution in [0.5, 0.6) is 0 Å². The molecule has 2 saturated heterocycles. The van der Waals surface area contributed by atoms with E-state index in [1.54, 1.807) is 0 Å². The Hall–Kier alpha value is -1.67. The van der Waals surface area contributed by atoms with Gasteiger partial charge < -0.3 is 20.0 Å². The first kappa shape index (κ1) is 24.4. The molecule has 0 radical (unpaired) electrons. The van der Waals surface area contributed by atoms with E-state index in [9.17, 15) is 4.79 Å². The standard InChI is InChI=1S/C18H35N3O.C2H2O4/c1-15(2)21(16(3)4)18(22)14-19-12-8-17(9-13-19)20-10-6-5-7-11-20;3-1(4)2(5)6/h15-17H,5-14H2,1-4H3;(H,3,4)(H,5,6). The number of carboxylic acid groups (broad SMARTS) is 2. The SMILES string of the molecule is CC(C)N(C(=O)CN1CCC(N2CCCCC2)CC1)C(C)C.O=C(O)C(=O)O. The van der Waals surface area contributed by atoms with Gasteiger partial charge in [0.1, 0.15) is 0 Å². The van der Waals surface area contributed by atoms with Gasteiger partial charge in [-0.1, -0.05) is 6.42 Å². The second-order valence-electron chi connectivity index (χ2n) is 8.20. The molecule has 1 amide bonds. The number of rotatable bonds is 5. The molecular weight excluding hydrogens is 362 g/mol. The molecule has 28 heavy (non-hydrogen) atoms. The zero-order valence-electron chi connectivity index (χ0n) is 17.8. The quantitative estimate of drug-likeness (QED) is 0.679. The van der Waals surface area contributed by atoms with Crippen molar-refractivity contribution in [3.63, 3.8) is 0 Å². The number of carboxylic acids is 2. The zero-order chi connectivity index (χ0) is 21.3. The number of carbonyl (C=O) groups excluding carboxylic acids is 1. The molecule has 0 aromatic heterocycles. The zero-order valence-corrected chi connectivity index (χ0v) is 17.8. The lowest BCUT2D eigenvalue weighted by Crippen LogP contribution is -2.51. The van der Waals surface area contributed by atoms with Crippen LogP contribution in [0, 0.1) is 0 Å². The monoisotopic (exact) mass is 399 g/mol. The summed E-state index contributed by atoms with van der Waals surface area (Å²) in [5, 5.41) is 14.8. The van der Waals surface area contributed by atoms with Crippen molar-refractivity contribution in [1.82, 2.24) is 14.7 Å². The Morgan fingerprint density at radius 1 is 0.857 bits per heavy atom. The average molecular weight is 400 g/mol. The van der Waals surface area contributed by atoms with Gasteiger partial charge in [0.15, 0.2) is 0 Å². The normalized spacial score (nSPS) is 19.2. The van der Waals surface area contributed by atoms with E-state index >= 15 is 0 Å². The molecule has 8 nitrogen and oxygen atoms in total. The van der Waals surface area contributed by atoms with Crippen LogP contribution in [0.15, 0.2) is 0 Å². The lowest BCUT2D eigenvalue weighted by atomic mass is 10.00. The molecule has 162 valence electrons. The Balaban J connectivity index is 0.000000568. The number of nitrogens with zero attached hydrogens (tertiary/aromatic N) is 3. The maximum Gasteiger partial charge on any atom is 0.414 e. The minimum absolute atomic E-state index is 0.290. The van der Waals surface area contributed by atoms with Gasteiger partial charge in [-0.2, -0.15) is 0 Å². The summed E-state index contributed by atoms with van der Waals surface area (Å²) in [5.74, 6) is -3.36. The molecule has 2 N–H and O–H groups in total. The summed E-state index contributed by atoms with van der Waals surface area (Å²) in [5.41, 5.74) is 0. The number of hydrogen-bond donors (Lipinski definition) is 2. The highest BCUT2D eigenvalue weighted by Gasteiger charge is 2.28.